The van der Waals surface area contributed by atoms with Crippen molar-refractivity contribution in [3.8, 4) is 0 Å². The summed E-state index contributed by atoms with van der Waals surface area (Å²) in [5, 5.41) is 5.54. The van der Waals surface area contributed by atoms with Crippen LogP contribution in [-0.4, -0.2) is 36.9 Å². The number of rotatable bonds is 7. The normalized spacial score (nSPS) is 16.2. The van der Waals surface area contributed by atoms with Gasteiger partial charge in [-0.05, 0) is 19.8 Å². The third-order valence-corrected chi connectivity index (χ3v) is 6.88. The number of carbonyl (C=O) groups is 1. The number of hydrogen-bond acceptors (Lipinski definition) is 5. The molecule has 0 radical (unpaired) electrons. The molecule has 118 valence electrons. The Morgan fingerprint density at radius 3 is 2.76 bits per heavy atom. The van der Waals surface area contributed by atoms with Crippen molar-refractivity contribution in [2.24, 2.45) is 0 Å². The molecule has 0 aromatic carbocycles. The van der Waals surface area contributed by atoms with E-state index in [1.54, 1.807) is 11.3 Å². The molecule has 1 amide bonds. The Labute approximate surface area is 130 Å². The molecular weight excluding hydrogens is 308 g/mol. The van der Waals surface area contributed by atoms with Crippen LogP contribution in [0.2, 0.25) is 0 Å². The molecule has 1 saturated carbocycles. The number of carbonyl (C=O) groups excluding carboxylic acids is 1. The summed E-state index contributed by atoms with van der Waals surface area (Å²) in [7, 11) is -3.10. The van der Waals surface area contributed by atoms with Crippen LogP contribution in [0.1, 0.15) is 42.8 Å². The molecule has 0 spiro atoms. The first-order valence-electron chi connectivity index (χ1n) is 7.36. The predicted octanol–water partition coefficient (Wildman–Crippen LogP) is 1.86. The molecule has 1 fully saturated rings. The second kappa shape index (κ2) is 7.35. The minimum absolute atomic E-state index is 0.0285. The summed E-state index contributed by atoms with van der Waals surface area (Å²) >= 11 is 1.59. The minimum atomic E-state index is -3.10. The number of aromatic nitrogens is 1. The van der Waals surface area contributed by atoms with Gasteiger partial charge in [0.2, 0.25) is 5.91 Å². The molecular formula is C14H22N2O3S2. The number of nitrogens with one attached hydrogen (secondary N) is 1. The van der Waals surface area contributed by atoms with Gasteiger partial charge in [-0.2, -0.15) is 0 Å². The summed E-state index contributed by atoms with van der Waals surface area (Å²) in [5.74, 6) is -0.220. The van der Waals surface area contributed by atoms with E-state index in [0.717, 1.165) is 36.4 Å². The van der Waals surface area contributed by atoms with E-state index in [4.69, 9.17) is 0 Å². The van der Waals surface area contributed by atoms with Crippen molar-refractivity contribution in [3.63, 3.8) is 0 Å². The lowest BCUT2D eigenvalue weighted by Gasteiger charge is -2.10. The van der Waals surface area contributed by atoms with Gasteiger partial charge in [-0.1, -0.05) is 12.8 Å². The maximum atomic E-state index is 12.0. The average Bonchev–Trinajstić information content (AvgIpc) is 3.08. The molecule has 1 aromatic heterocycles. The van der Waals surface area contributed by atoms with E-state index in [1.165, 1.54) is 0 Å². The number of aryl methyl sites for hydroxylation is 1. The Kier molecular flexibility index (Phi) is 5.75. The molecule has 1 aromatic rings. The highest BCUT2D eigenvalue weighted by molar-refractivity contribution is 7.92. The molecule has 0 unspecified atom stereocenters. The van der Waals surface area contributed by atoms with Gasteiger partial charge in [0.15, 0.2) is 9.84 Å². The monoisotopic (exact) mass is 330 g/mol. The second-order valence-electron chi connectivity index (χ2n) is 5.48. The van der Waals surface area contributed by atoms with Crippen LogP contribution in [0.25, 0.3) is 0 Å². The number of hydrogen-bond donors (Lipinski definition) is 1. The van der Waals surface area contributed by atoms with Crippen molar-refractivity contribution in [1.82, 2.24) is 10.3 Å². The summed E-state index contributed by atoms with van der Waals surface area (Å²) in [5.41, 5.74) is 0.969. The molecule has 1 N–H and O–H groups in total. The molecule has 0 atom stereocenters. The fraction of sp³-hybridized carbons (Fsp3) is 0.714. The molecule has 2 rings (SSSR count). The van der Waals surface area contributed by atoms with E-state index in [1.807, 2.05) is 12.3 Å². The summed E-state index contributed by atoms with van der Waals surface area (Å²) in [6.07, 6.45) is 4.24. The van der Waals surface area contributed by atoms with E-state index in [2.05, 4.69) is 10.3 Å². The van der Waals surface area contributed by atoms with Crippen molar-refractivity contribution in [1.29, 1.82) is 0 Å². The molecule has 1 heterocycles. The second-order valence-corrected chi connectivity index (χ2v) is 8.94. The zero-order valence-corrected chi connectivity index (χ0v) is 13.9. The fourth-order valence-electron chi connectivity index (χ4n) is 2.59. The van der Waals surface area contributed by atoms with Crippen molar-refractivity contribution in [3.05, 3.63) is 16.1 Å². The van der Waals surface area contributed by atoms with E-state index < -0.39 is 9.84 Å². The zero-order valence-electron chi connectivity index (χ0n) is 12.3. The van der Waals surface area contributed by atoms with Crippen LogP contribution in [0.4, 0.5) is 0 Å². The largest absolute Gasteiger partial charge is 0.356 e. The van der Waals surface area contributed by atoms with Crippen LogP contribution in [0, 0.1) is 6.92 Å². The van der Waals surface area contributed by atoms with Crippen LogP contribution in [-0.2, 0) is 21.1 Å². The highest BCUT2D eigenvalue weighted by Gasteiger charge is 2.28. The molecule has 0 aliphatic heterocycles. The maximum Gasteiger partial charge on any atom is 0.221 e. The van der Waals surface area contributed by atoms with E-state index in [9.17, 15) is 13.2 Å². The standard InChI is InChI=1S/C14H22N2O3S2/c1-11-16-12(10-20-11)6-8-15-14(17)7-9-21(18,19)13-4-2-3-5-13/h10,13H,2-9H2,1H3,(H,15,17). The van der Waals surface area contributed by atoms with Crippen LogP contribution in [0.5, 0.6) is 0 Å². The lowest BCUT2D eigenvalue weighted by molar-refractivity contribution is -0.120. The van der Waals surface area contributed by atoms with Gasteiger partial charge in [-0.25, -0.2) is 13.4 Å². The number of thiazole rings is 1. The quantitative estimate of drug-likeness (QED) is 0.828. The summed E-state index contributed by atoms with van der Waals surface area (Å²) < 4.78 is 24.1. The van der Waals surface area contributed by atoms with Crippen LogP contribution in [0.3, 0.4) is 0 Å². The van der Waals surface area contributed by atoms with Gasteiger partial charge < -0.3 is 5.32 Å². The molecule has 0 bridgehead atoms. The van der Waals surface area contributed by atoms with Crippen LogP contribution >= 0.6 is 11.3 Å². The molecule has 21 heavy (non-hydrogen) atoms. The third-order valence-electron chi connectivity index (χ3n) is 3.79. The fourth-order valence-corrected chi connectivity index (χ4v) is 5.09. The number of nitrogens with zero attached hydrogens (tertiary/aromatic N) is 1. The van der Waals surface area contributed by atoms with E-state index in [-0.39, 0.29) is 23.3 Å². The van der Waals surface area contributed by atoms with Crippen molar-refractivity contribution in [2.75, 3.05) is 12.3 Å². The molecule has 1 aliphatic carbocycles. The highest BCUT2D eigenvalue weighted by atomic mass is 32.2. The molecule has 5 nitrogen and oxygen atoms in total. The SMILES string of the molecule is Cc1nc(CCNC(=O)CCS(=O)(=O)C2CCCC2)cs1. The zero-order chi connectivity index (χ0) is 15.3. The van der Waals surface area contributed by atoms with E-state index in [0.29, 0.717) is 13.0 Å². The maximum absolute atomic E-state index is 12.0. The highest BCUT2D eigenvalue weighted by Crippen LogP contribution is 2.25. The van der Waals surface area contributed by atoms with Gasteiger partial charge >= 0.3 is 0 Å². The average molecular weight is 330 g/mol. The summed E-state index contributed by atoms with van der Waals surface area (Å²) in [6, 6.07) is 0. The number of amides is 1. The van der Waals surface area contributed by atoms with Gasteiger partial charge in [0.1, 0.15) is 0 Å². The molecule has 7 heteroatoms. The topological polar surface area (TPSA) is 76.1 Å². The lowest BCUT2D eigenvalue weighted by atomic mass is 10.3. The Bertz CT molecular complexity index is 575. The van der Waals surface area contributed by atoms with Gasteiger partial charge in [0.25, 0.3) is 0 Å². The van der Waals surface area contributed by atoms with Crippen LogP contribution in [0.15, 0.2) is 5.38 Å². The van der Waals surface area contributed by atoms with Crippen molar-refractivity contribution < 1.29 is 13.2 Å². The van der Waals surface area contributed by atoms with Gasteiger partial charge in [-0.3, -0.25) is 4.79 Å². The Balaban J connectivity index is 1.67. The van der Waals surface area contributed by atoms with Crippen LogP contribution < -0.4 is 5.32 Å². The number of sulfone groups is 1. The molecule has 1 aliphatic rings. The first-order chi connectivity index (χ1) is 9.97. The van der Waals surface area contributed by atoms with Gasteiger partial charge in [-0.15, -0.1) is 11.3 Å². The summed E-state index contributed by atoms with van der Waals surface area (Å²) in [6.45, 7) is 2.45. The molecule has 0 saturated heterocycles. The predicted molar refractivity (Wildman–Crippen MR) is 84.2 cm³/mol. The Morgan fingerprint density at radius 2 is 2.14 bits per heavy atom. The summed E-state index contributed by atoms with van der Waals surface area (Å²) in [4.78, 5) is 16.0. The van der Waals surface area contributed by atoms with Crippen molar-refractivity contribution in [2.45, 2.75) is 50.7 Å². The first-order valence-corrected chi connectivity index (χ1v) is 9.96. The first kappa shape index (κ1) is 16.4. The smallest absolute Gasteiger partial charge is 0.221 e. The minimum Gasteiger partial charge on any atom is -0.356 e. The Morgan fingerprint density at radius 1 is 1.43 bits per heavy atom. The Hall–Kier alpha value is -0.950. The lowest BCUT2D eigenvalue weighted by Crippen LogP contribution is -2.29. The van der Waals surface area contributed by atoms with E-state index >= 15 is 0 Å². The van der Waals surface area contributed by atoms with Gasteiger partial charge in [0.05, 0.1) is 21.7 Å². The van der Waals surface area contributed by atoms with Gasteiger partial charge in [0, 0.05) is 24.8 Å². The van der Waals surface area contributed by atoms with Crippen molar-refractivity contribution >= 4 is 27.1 Å². The third kappa shape index (κ3) is 5.07.